The van der Waals surface area contributed by atoms with Gasteiger partial charge < -0.3 is 10.4 Å². The smallest absolute Gasteiger partial charge is 0.131 e. The van der Waals surface area contributed by atoms with Crippen LogP contribution in [-0.4, -0.2) is 11.7 Å². The molecule has 2 N–H and O–H groups in total. The summed E-state index contributed by atoms with van der Waals surface area (Å²) in [5, 5.41) is 11.7. The zero-order valence-electron chi connectivity index (χ0n) is 4.81. The molecule has 0 spiro atoms. The highest BCUT2D eigenvalue weighted by atomic mass is 16.3. The molecular weight excluding hydrogens is 102 g/mol. The van der Waals surface area contributed by atoms with E-state index in [1.807, 2.05) is 6.92 Å². The van der Waals surface area contributed by atoms with Crippen molar-refractivity contribution in [1.29, 1.82) is 0 Å². The molecule has 44 valence electrons. The lowest BCUT2D eigenvalue weighted by Crippen LogP contribution is -2.12. The van der Waals surface area contributed by atoms with Crippen LogP contribution in [0.3, 0.4) is 0 Å². The van der Waals surface area contributed by atoms with Gasteiger partial charge in [0.15, 0.2) is 0 Å². The van der Waals surface area contributed by atoms with Crippen molar-refractivity contribution in [3.63, 3.8) is 0 Å². The van der Waals surface area contributed by atoms with Crippen LogP contribution in [0.15, 0.2) is 23.6 Å². The van der Waals surface area contributed by atoms with Crippen LogP contribution in [0.5, 0.6) is 0 Å². The summed E-state index contributed by atoms with van der Waals surface area (Å²) in [6, 6.07) is 0. The molecule has 1 aliphatic heterocycles. The number of rotatable bonds is 0. The molecule has 1 aliphatic rings. The van der Waals surface area contributed by atoms with E-state index in [9.17, 15) is 0 Å². The first-order chi connectivity index (χ1) is 3.79. The van der Waals surface area contributed by atoms with Crippen LogP contribution in [0.25, 0.3) is 0 Å². The molecule has 2 heteroatoms. The van der Waals surface area contributed by atoms with Gasteiger partial charge in [-0.05, 0) is 13.0 Å². The maximum absolute atomic E-state index is 8.80. The third-order valence-corrected chi connectivity index (χ3v) is 1.03. The van der Waals surface area contributed by atoms with E-state index in [1.165, 1.54) is 0 Å². The Kier molecular flexibility index (Phi) is 1.24. The number of nitrogens with one attached hydrogen (secondary N) is 1. The Morgan fingerprint density at radius 2 is 2.50 bits per heavy atom. The topological polar surface area (TPSA) is 32.3 Å². The molecular formula is C6H9NO. The summed E-state index contributed by atoms with van der Waals surface area (Å²) in [6.45, 7) is 2.82. The molecule has 0 fully saturated rings. The minimum Gasteiger partial charge on any atom is -0.506 e. The highest BCUT2D eigenvalue weighted by molar-refractivity contribution is 5.20. The molecule has 0 saturated carbocycles. The van der Waals surface area contributed by atoms with Gasteiger partial charge in [0.05, 0.1) is 0 Å². The third-order valence-electron chi connectivity index (χ3n) is 1.03. The van der Waals surface area contributed by atoms with Crippen molar-refractivity contribution in [2.24, 2.45) is 0 Å². The summed E-state index contributed by atoms with van der Waals surface area (Å²) in [5.41, 5.74) is 1.16. The summed E-state index contributed by atoms with van der Waals surface area (Å²) in [5.74, 6) is 0.314. The fourth-order valence-corrected chi connectivity index (χ4v) is 0.662. The maximum Gasteiger partial charge on any atom is 0.131 e. The van der Waals surface area contributed by atoms with E-state index in [0.29, 0.717) is 5.76 Å². The number of allylic oxidation sites excluding steroid dienone is 1. The zero-order chi connectivity index (χ0) is 5.98. The highest BCUT2D eigenvalue weighted by Gasteiger charge is 1.95. The summed E-state index contributed by atoms with van der Waals surface area (Å²) in [7, 11) is 0. The molecule has 0 aromatic heterocycles. The van der Waals surface area contributed by atoms with E-state index in [2.05, 4.69) is 5.32 Å². The highest BCUT2D eigenvalue weighted by Crippen LogP contribution is 2.00. The fraction of sp³-hybridized carbons (Fsp3) is 0.333. The van der Waals surface area contributed by atoms with Gasteiger partial charge in [-0.2, -0.15) is 0 Å². The summed E-state index contributed by atoms with van der Waals surface area (Å²) >= 11 is 0. The summed E-state index contributed by atoms with van der Waals surface area (Å²) in [4.78, 5) is 0. The van der Waals surface area contributed by atoms with Crippen molar-refractivity contribution >= 4 is 0 Å². The molecule has 0 bridgehead atoms. The molecule has 0 amide bonds. The first kappa shape index (κ1) is 5.22. The van der Waals surface area contributed by atoms with Gasteiger partial charge in [0, 0.05) is 12.7 Å². The average molecular weight is 111 g/mol. The minimum atomic E-state index is 0.314. The predicted molar refractivity (Wildman–Crippen MR) is 32.5 cm³/mol. The monoisotopic (exact) mass is 111 g/mol. The Labute approximate surface area is 48.5 Å². The maximum atomic E-state index is 8.80. The summed E-state index contributed by atoms with van der Waals surface area (Å²) in [6.07, 6.45) is 3.34. The Bertz CT molecular complexity index is 147. The van der Waals surface area contributed by atoms with E-state index >= 15 is 0 Å². The van der Waals surface area contributed by atoms with Crippen LogP contribution in [0, 0.1) is 0 Å². The number of hydrogen-bond donors (Lipinski definition) is 2. The molecule has 1 heterocycles. The Morgan fingerprint density at radius 1 is 1.75 bits per heavy atom. The van der Waals surface area contributed by atoms with Crippen LogP contribution in [0.4, 0.5) is 0 Å². The number of dihydropyridines is 1. The van der Waals surface area contributed by atoms with Gasteiger partial charge in [0.1, 0.15) is 5.76 Å². The minimum absolute atomic E-state index is 0.314. The van der Waals surface area contributed by atoms with Crippen LogP contribution >= 0.6 is 0 Å². The molecule has 0 aromatic carbocycles. The van der Waals surface area contributed by atoms with Crippen LogP contribution in [0.2, 0.25) is 0 Å². The molecule has 1 rings (SSSR count). The predicted octanol–water partition coefficient (Wildman–Crippen LogP) is 0.935. The van der Waals surface area contributed by atoms with Crippen LogP contribution in [-0.2, 0) is 0 Å². The van der Waals surface area contributed by atoms with Crippen molar-refractivity contribution in [1.82, 2.24) is 5.32 Å². The fourth-order valence-electron chi connectivity index (χ4n) is 0.662. The van der Waals surface area contributed by atoms with Gasteiger partial charge in [-0.15, -0.1) is 0 Å². The van der Waals surface area contributed by atoms with Crippen molar-refractivity contribution in [3.8, 4) is 0 Å². The largest absolute Gasteiger partial charge is 0.506 e. The van der Waals surface area contributed by atoms with Crippen molar-refractivity contribution in [3.05, 3.63) is 23.6 Å². The second-order valence-electron chi connectivity index (χ2n) is 1.94. The Hall–Kier alpha value is -0.920. The SMILES string of the molecule is CC1=CC(O)=CNC1. The first-order valence-corrected chi connectivity index (χ1v) is 2.59. The molecule has 0 aromatic rings. The Balaban J connectivity index is 2.69. The number of aliphatic hydroxyl groups is 1. The molecule has 8 heavy (non-hydrogen) atoms. The van der Waals surface area contributed by atoms with E-state index < -0.39 is 0 Å². The van der Waals surface area contributed by atoms with Gasteiger partial charge in [0.25, 0.3) is 0 Å². The van der Waals surface area contributed by atoms with Gasteiger partial charge >= 0.3 is 0 Å². The second kappa shape index (κ2) is 1.90. The summed E-state index contributed by atoms with van der Waals surface area (Å²) < 4.78 is 0. The number of aliphatic hydroxyl groups excluding tert-OH is 1. The lowest BCUT2D eigenvalue weighted by atomic mass is 10.2. The average Bonchev–Trinajstić information content (AvgIpc) is 1.64. The van der Waals surface area contributed by atoms with Crippen molar-refractivity contribution in [2.45, 2.75) is 6.92 Å². The van der Waals surface area contributed by atoms with Gasteiger partial charge in [0.2, 0.25) is 0 Å². The van der Waals surface area contributed by atoms with Crippen LogP contribution in [0.1, 0.15) is 6.92 Å². The third kappa shape index (κ3) is 1.03. The van der Waals surface area contributed by atoms with Gasteiger partial charge in [-0.3, -0.25) is 0 Å². The Morgan fingerprint density at radius 3 is 2.88 bits per heavy atom. The van der Waals surface area contributed by atoms with E-state index in [4.69, 9.17) is 5.11 Å². The van der Waals surface area contributed by atoms with Gasteiger partial charge in [-0.1, -0.05) is 5.57 Å². The molecule has 0 atom stereocenters. The van der Waals surface area contributed by atoms with E-state index in [1.54, 1.807) is 12.3 Å². The van der Waals surface area contributed by atoms with E-state index in [0.717, 1.165) is 12.1 Å². The first-order valence-electron chi connectivity index (χ1n) is 2.59. The molecule has 0 unspecified atom stereocenters. The molecule has 0 saturated heterocycles. The zero-order valence-corrected chi connectivity index (χ0v) is 4.81. The molecule has 0 radical (unpaired) electrons. The molecule has 2 nitrogen and oxygen atoms in total. The van der Waals surface area contributed by atoms with Crippen LogP contribution < -0.4 is 5.32 Å². The normalized spacial score (nSPS) is 18.6. The second-order valence-corrected chi connectivity index (χ2v) is 1.94. The van der Waals surface area contributed by atoms with Crippen molar-refractivity contribution < 1.29 is 5.11 Å². The number of hydrogen-bond acceptors (Lipinski definition) is 2. The lowest BCUT2D eigenvalue weighted by Gasteiger charge is -2.06. The van der Waals surface area contributed by atoms with E-state index in [-0.39, 0.29) is 0 Å². The van der Waals surface area contributed by atoms with Crippen molar-refractivity contribution in [2.75, 3.05) is 6.54 Å². The molecule has 0 aliphatic carbocycles. The quantitative estimate of drug-likeness (QED) is 0.487. The lowest BCUT2D eigenvalue weighted by molar-refractivity contribution is 0.423. The van der Waals surface area contributed by atoms with Gasteiger partial charge in [-0.25, -0.2) is 0 Å². The standard InChI is InChI=1S/C6H9NO/c1-5-2-6(8)4-7-3-5/h2,4,7-8H,3H2,1H3.